The van der Waals surface area contributed by atoms with Crippen molar-refractivity contribution >= 4 is 5.97 Å². The molecule has 1 heterocycles. The molecule has 0 bridgehead atoms. The molecule has 1 rings (SSSR count). The van der Waals surface area contributed by atoms with Crippen molar-refractivity contribution in [2.24, 2.45) is 0 Å². The highest BCUT2D eigenvalue weighted by Gasteiger charge is 2.29. The molecule has 5 nitrogen and oxygen atoms in total. The van der Waals surface area contributed by atoms with Crippen LogP contribution in [0.15, 0.2) is 0 Å². The molecule has 1 aliphatic heterocycles. The van der Waals surface area contributed by atoms with Crippen LogP contribution in [0.4, 0.5) is 0 Å². The van der Waals surface area contributed by atoms with Gasteiger partial charge in [-0.1, -0.05) is 6.92 Å². The number of ether oxygens (including phenoxy) is 1. The van der Waals surface area contributed by atoms with E-state index in [1.54, 1.807) is 0 Å². The third-order valence-electron chi connectivity index (χ3n) is 2.69. The van der Waals surface area contributed by atoms with Crippen LogP contribution in [-0.2, 0) is 9.53 Å². The fourth-order valence-electron chi connectivity index (χ4n) is 2.00. The molecule has 0 aromatic carbocycles. The zero-order valence-corrected chi connectivity index (χ0v) is 10.3. The molecule has 1 fully saturated rings. The molecule has 1 unspecified atom stereocenters. The van der Waals surface area contributed by atoms with Gasteiger partial charge in [0.25, 0.3) is 0 Å². The van der Waals surface area contributed by atoms with Gasteiger partial charge in [0.05, 0.1) is 12.2 Å². The minimum atomic E-state index is -0.786. The maximum absolute atomic E-state index is 11.0. The van der Waals surface area contributed by atoms with E-state index >= 15 is 0 Å². The molecule has 0 radical (unpaired) electrons. The van der Waals surface area contributed by atoms with E-state index in [0.717, 1.165) is 13.1 Å². The molecule has 0 amide bonds. The van der Waals surface area contributed by atoms with Crippen LogP contribution in [0.1, 0.15) is 20.8 Å². The molecular weight excluding hydrogens is 208 g/mol. The Kier molecular flexibility index (Phi) is 4.70. The van der Waals surface area contributed by atoms with E-state index in [9.17, 15) is 4.79 Å². The van der Waals surface area contributed by atoms with Gasteiger partial charge in [-0.2, -0.15) is 0 Å². The summed E-state index contributed by atoms with van der Waals surface area (Å²) in [5, 5.41) is 12.0. The number of nitrogens with zero attached hydrogens (tertiary/aromatic N) is 1. The Balaban J connectivity index is 2.48. The average molecular weight is 230 g/mol. The lowest BCUT2D eigenvalue weighted by Crippen LogP contribution is -2.54. The van der Waals surface area contributed by atoms with Crippen LogP contribution < -0.4 is 5.32 Å². The summed E-state index contributed by atoms with van der Waals surface area (Å²) >= 11 is 0. The van der Waals surface area contributed by atoms with E-state index in [1.165, 1.54) is 0 Å². The summed E-state index contributed by atoms with van der Waals surface area (Å²) < 4.78 is 5.59. The standard InChI is InChI=1S/C11H22N2O3/c1-4-12-9(10(14)15)7-13-5-6-16-11(2,3)8-13/h9,12H,4-8H2,1-3H3,(H,14,15). The zero-order chi connectivity index (χ0) is 12.2. The van der Waals surface area contributed by atoms with Crippen LogP contribution in [0.25, 0.3) is 0 Å². The quantitative estimate of drug-likeness (QED) is 0.704. The van der Waals surface area contributed by atoms with Crippen molar-refractivity contribution in [2.75, 3.05) is 32.8 Å². The summed E-state index contributed by atoms with van der Waals surface area (Å²) in [6, 6.07) is -0.487. The monoisotopic (exact) mass is 230 g/mol. The summed E-state index contributed by atoms with van der Waals surface area (Å²) in [4.78, 5) is 13.1. The lowest BCUT2D eigenvalue weighted by Gasteiger charge is -2.39. The Labute approximate surface area is 96.8 Å². The lowest BCUT2D eigenvalue weighted by atomic mass is 10.1. The number of nitrogens with one attached hydrogen (secondary N) is 1. The number of hydrogen-bond acceptors (Lipinski definition) is 4. The molecule has 2 N–H and O–H groups in total. The number of aliphatic carboxylic acids is 1. The predicted octanol–water partition coefficient (Wildman–Crippen LogP) is 0.160. The van der Waals surface area contributed by atoms with Gasteiger partial charge in [-0.05, 0) is 20.4 Å². The molecule has 0 saturated carbocycles. The largest absolute Gasteiger partial charge is 0.480 e. The van der Waals surface area contributed by atoms with E-state index in [4.69, 9.17) is 9.84 Å². The predicted molar refractivity (Wildman–Crippen MR) is 61.6 cm³/mol. The van der Waals surface area contributed by atoms with Gasteiger partial charge in [0, 0.05) is 19.6 Å². The molecule has 1 aliphatic rings. The molecule has 16 heavy (non-hydrogen) atoms. The lowest BCUT2D eigenvalue weighted by molar-refractivity contribution is -0.141. The second kappa shape index (κ2) is 5.61. The van der Waals surface area contributed by atoms with Gasteiger partial charge >= 0.3 is 5.97 Å². The highest BCUT2D eigenvalue weighted by molar-refractivity contribution is 5.73. The Morgan fingerprint density at radius 1 is 1.62 bits per heavy atom. The number of carbonyl (C=O) groups is 1. The molecular formula is C11H22N2O3. The summed E-state index contributed by atoms with van der Waals surface area (Å²) in [5.74, 6) is -0.786. The first kappa shape index (κ1) is 13.4. The average Bonchev–Trinajstić information content (AvgIpc) is 2.15. The molecule has 0 spiro atoms. The van der Waals surface area contributed by atoms with Crippen molar-refractivity contribution in [3.8, 4) is 0 Å². The number of morpholine rings is 1. The van der Waals surface area contributed by atoms with E-state index in [-0.39, 0.29) is 5.60 Å². The van der Waals surface area contributed by atoms with E-state index in [0.29, 0.717) is 19.7 Å². The van der Waals surface area contributed by atoms with Crippen LogP contribution in [0.5, 0.6) is 0 Å². The summed E-state index contributed by atoms with van der Waals surface area (Å²) in [7, 11) is 0. The van der Waals surface area contributed by atoms with E-state index < -0.39 is 12.0 Å². The van der Waals surface area contributed by atoms with E-state index in [1.807, 2.05) is 20.8 Å². The van der Waals surface area contributed by atoms with E-state index in [2.05, 4.69) is 10.2 Å². The Morgan fingerprint density at radius 2 is 2.31 bits per heavy atom. The van der Waals surface area contributed by atoms with Crippen LogP contribution in [-0.4, -0.2) is 60.4 Å². The number of hydrogen-bond donors (Lipinski definition) is 2. The van der Waals surface area contributed by atoms with Crippen molar-refractivity contribution < 1.29 is 14.6 Å². The molecule has 1 saturated heterocycles. The van der Waals surface area contributed by atoms with Gasteiger partial charge in [-0.15, -0.1) is 0 Å². The Hall–Kier alpha value is -0.650. The number of rotatable bonds is 5. The first-order valence-electron chi connectivity index (χ1n) is 5.77. The summed E-state index contributed by atoms with van der Waals surface area (Å²) in [6.45, 7) is 9.44. The third-order valence-corrected chi connectivity index (χ3v) is 2.69. The third kappa shape index (κ3) is 4.08. The topological polar surface area (TPSA) is 61.8 Å². The van der Waals surface area contributed by atoms with Gasteiger partial charge in [0.15, 0.2) is 0 Å². The van der Waals surface area contributed by atoms with Crippen LogP contribution in [0.2, 0.25) is 0 Å². The Bertz CT molecular complexity index is 243. The van der Waals surface area contributed by atoms with Gasteiger partial charge in [-0.3, -0.25) is 9.69 Å². The zero-order valence-electron chi connectivity index (χ0n) is 10.3. The molecule has 1 atom stereocenters. The second-order valence-corrected chi connectivity index (χ2v) is 4.79. The molecule has 94 valence electrons. The maximum atomic E-state index is 11.0. The minimum absolute atomic E-state index is 0.173. The van der Waals surface area contributed by atoms with Crippen LogP contribution >= 0.6 is 0 Å². The summed E-state index contributed by atoms with van der Waals surface area (Å²) in [6.07, 6.45) is 0. The first-order chi connectivity index (χ1) is 7.44. The Morgan fingerprint density at radius 3 is 2.81 bits per heavy atom. The van der Waals surface area contributed by atoms with Crippen LogP contribution in [0.3, 0.4) is 0 Å². The molecule has 0 aromatic rings. The smallest absolute Gasteiger partial charge is 0.322 e. The highest BCUT2D eigenvalue weighted by atomic mass is 16.5. The van der Waals surface area contributed by atoms with Crippen molar-refractivity contribution in [3.63, 3.8) is 0 Å². The molecule has 0 aliphatic carbocycles. The molecule has 5 heteroatoms. The number of carboxylic acid groups (broad SMARTS) is 1. The van der Waals surface area contributed by atoms with Crippen LogP contribution in [0, 0.1) is 0 Å². The van der Waals surface area contributed by atoms with Crippen molar-refractivity contribution in [3.05, 3.63) is 0 Å². The molecule has 0 aromatic heterocycles. The highest BCUT2D eigenvalue weighted by Crippen LogP contribution is 2.16. The SMILES string of the molecule is CCNC(CN1CCOC(C)(C)C1)C(=O)O. The fourth-order valence-corrected chi connectivity index (χ4v) is 2.00. The minimum Gasteiger partial charge on any atom is -0.480 e. The van der Waals surface area contributed by atoms with Crippen molar-refractivity contribution in [1.29, 1.82) is 0 Å². The van der Waals surface area contributed by atoms with Crippen molar-refractivity contribution in [1.82, 2.24) is 10.2 Å². The summed E-state index contributed by atoms with van der Waals surface area (Å²) in [5.41, 5.74) is -0.173. The van der Waals surface area contributed by atoms with Gasteiger partial charge in [-0.25, -0.2) is 0 Å². The first-order valence-corrected chi connectivity index (χ1v) is 5.77. The normalized spacial score (nSPS) is 22.9. The second-order valence-electron chi connectivity index (χ2n) is 4.79. The fraction of sp³-hybridized carbons (Fsp3) is 0.909. The van der Waals surface area contributed by atoms with Gasteiger partial charge in [0.1, 0.15) is 6.04 Å². The number of likely N-dealkylation sites (N-methyl/N-ethyl adjacent to an activating group) is 1. The van der Waals surface area contributed by atoms with Crippen molar-refractivity contribution in [2.45, 2.75) is 32.4 Å². The van der Waals surface area contributed by atoms with Gasteiger partial charge in [0.2, 0.25) is 0 Å². The number of carboxylic acids is 1. The van der Waals surface area contributed by atoms with Gasteiger partial charge < -0.3 is 15.2 Å². The maximum Gasteiger partial charge on any atom is 0.322 e.